The molecule has 4 aromatic rings. The second-order valence-electron chi connectivity index (χ2n) is 12.4. The summed E-state index contributed by atoms with van der Waals surface area (Å²) in [7, 11) is 0. The topological polar surface area (TPSA) is 118 Å². The van der Waals surface area contributed by atoms with Gasteiger partial charge in [-0.25, -0.2) is 4.39 Å². The van der Waals surface area contributed by atoms with Crippen molar-refractivity contribution in [2.75, 3.05) is 23.4 Å². The Hall–Kier alpha value is -4.13. The zero-order chi connectivity index (χ0) is 33.3. The van der Waals surface area contributed by atoms with Crippen LogP contribution >= 0.6 is 34.7 Å². The highest BCUT2D eigenvalue weighted by Gasteiger charge is 2.69. The van der Waals surface area contributed by atoms with E-state index in [0.717, 1.165) is 21.9 Å². The Morgan fingerprint density at radius 1 is 0.979 bits per heavy atom. The summed E-state index contributed by atoms with van der Waals surface area (Å²) in [5.41, 5.74) is 1.88. The number of thiazole rings is 1. The van der Waals surface area contributed by atoms with Gasteiger partial charge in [-0.15, -0.1) is 11.8 Å². The van der Waals surface area contributed by atoms with Crippen molar-refractivity contribution in [3.05, 3.63) is 97.7 Å². The molecular weight excluding hydrogens is 677 g/mol. The molecule has 0 spiro atoms. The van der Waals surface area contributed by atoms with E-state index in [9.17, 15) is 23.6 Å². The molecule has 3 heterocycles. The number of amides is 3. The first kappa shape index (κ1) is 31.2. The van der Waals surface area contributed by atoms with Gasteiger partial charge in [0, 0.05) is 26.8 Å². The van der Waals surface area contributed by atoms with Crippen LogP contribution in [0, 0.1) is 35.4 Å². The van der Waals surface area contributed by atoms with Gasteiger partial charge in [0.1, 0.15) is 5.82 Å². The minimum atomic E-state index is -0.484. The lowest BCUT2D eigenvalue weighted by atomic mass is 9.68. The minimum absolute atomic E-state index is 0.00644. The van der Waals surface area contributed by atoms with Gasteiger partial charge in [0.15, 0.2) is 18.1 Å². The van der Waals surface area contributed by atoms with Gasteiger partial charge in [0.05, 0.1) is 29.2 Å². The summed E-state index contributed by atoms with van der Waals surface area (Å²) in [5.74, 6) is -1.72. The molecule has 0 radical (unpaired) electrons. The molecule has 2 saturated carbocycles. The summed E-state index contributed by atoms with van der Waals surface area (Å²) in [5, 5.41) is 4.15. The number of H-pyrrole nitrogens is 1. The number of rotatable bonds is 8. The molecule has 8 rings (SSSR count). The number of benzene rings is 3. The standard InChI is InChI=1S/C35H29ClFN3O6S2/c1-2-45-24-13-16(3-12-23(24)46-15-25(41)38-19-8-4-17(36)5-9-19)26-27-21-14-22(30(27)47-32-31(26)48-35(44)39-32)29-28(21)33(42)40(34(29)43)20-10-6-18(37)7-11-20/h3-13,21-22,26-30H,2,14-15H2,1H3,(H,38,41)(H,39,44)/t21-,22-,26-,27?,28?,29?,30?/m1/s1. The number of nitrogens with one attached hydrogen (secondary N) is 2. The van der Waals surface area contributed by atoms with Gasteiger partial charge in [0.2, 0.25) is 11.8 Å². The third-order valence-corrected chi connectivity index (χ3v) is 12.8. The molecule has 1 saturated heterocycles. The highest BCUT2D eigenvalue weighted by atomic mass is 35.5. The van der Waals surface area contributed by atoms with Crippen molar-refractivity contribution >= 4 is 63.8 Å². The first-order valence-electron chi connectivity index (χ1n) is 15.7. The number of anilines is 2. The molecule has 2 aliphatic heterocycles. The Kier molecular flexibility index (Phi) is 7.84. The largest absolute Gasteiger partial charge is 0.490 e. The molecule has 2 aliphatic carbocycles. The Bertz CT molecular complexity index is 2000. The van der Waals surface area contributed by atoms with Crippen molar-refractivity contribution in [1.29, 1.82) is 0 Å². The number of carbonyl (C=O) groups is 3. The highest BCUT2D eigenvalue weighted by molar-refractivity contribution is 8.00. The Morgan fingerprint density at radius 3 is 2.44 bits per heavy atom. The van der Waals surface area contributed by atoms with E-state index in [-0.39, 0.29) is 58.1 Å². The van der Waals surface area contributed by atoms with Gasteiger partial charge in [-0.1, -0.05) is 29.0 Å². The molecule has 4 unspecified atom stereocenters. The predicted molar refractivity (Wildman–Crippen MR) is 181 cm³/mol. The Labute approximate surface area is 287 Å². The summed E-state index contributed by atoms with van der Waals surface area (Å²) in [6.07, 6.45) is 0.740. The van der Waals surface area contributed by atoms with Crippen LogP contribution in [0.3, 0.4) is 0 Å². The van der Waals surface area contributed by atoms with Gasteiger partial charge >= 0.3 is 4.87 Å². The average Bonchev–Trinajstić information content (AvgIpc) is 3.81. The monoisotopic (exact) mass is 705 g/mol. The van der Waals surface area contributed by atoms with Crippen molar-refractivity contribution in [2.24, 2.45) is 29.6 Å². The van der Waals surface area contributed by atoms with Crippen LogP contribution in [0.4, 0.5) is 15.8 Å². The van der Waals surface area contributed by atoms with Crippen LogP contribution in [-0.4, -0.2) is 41.2 Å². The van der Waals surface area contributed by atoms with Crippen LogP contribution < -0.4 is 24.6 Å². The predicted octanol–water partition coefficient (Wildman–Crippen LogP) is 6.32. The Morgan fingerprint density at radius 2 is 1.71 bits per heavy atom. The minimum Gasteiger partial charge on any atom is -0.490 e. The average molecular weight is 706 g/mol. The van der Waals surface area contributed by atoms with E-state index in [4.69, 9.17) is 21.1 Å². The maximum Gasteiger partial charge on any atom is 0.305 e. The lowest BCUT2D eigenvalue weighted by molar-refractivity contribution is -0.123. The number of hydrogen-bond acceptors (Lipinski definition) is 8. The zero-order valence-corrected chi connectivity index (χ0v) is 27.9. The number of nitrogens with zero attached hydrogens (tertiary/aromatic N) is 1. The lowest BCUT2D eigenvalue weighted by Gasteiger charge is -2.43. The number of carbonyl (C=O) groups excluding carboxylic acids is 3. The number of fused-ring (bicyclic) bond motifs is 9. The highest BCUT2D eigenvalue weighted by Crippen LogP contribution is 2.68. The fraction of sp³-hybridized carbons (Fsp3) is 0.314. The summed E-state index contributed by atoms with van der Waals surface area (Å²) in [6, 6.07) is 17.8. The SMILES string of the molecule is CCOc1cc([C@H]2c3sc(=O)[nH]c3SC3C2[C@H]2C[C@@H]3C3C(=O)N(c4ccc(F)cc4)C(=O)C32)ccc1OCC(=O)Nc1ccc(Cl)cc1. The maximum absolute atomic E-state index is 14.0. The van der Waals surface area contributed by atoms with Crippen LogP contribution in [0.5, 0.6) is 11.5 Å². The van der Waals surface area contributed by atoms with Gasteiger partial charge in [0.25, 0.3) is 5.91 Å². The van der Waals surface area contributed by atoms with Gasteiger partial charge < -0.3 is 19.8 Å². The zero-order valence-electron chi connectivity index (χ0n) is 25.5. The molecule has 2 N–H and O–H groups in total. The van der Waals surface area contributed by atoms with Crippen molar-refractivity contribution < 1.29 is 28.2 Å². The van der Waals surface area contributed by atoms with E-state index in [0.29, 0.717) is 34.5 Å². The second-order valence-corrected chi connectivity index (χ2v) is 15.1. The van der Waals surface area contributed by atoms with Gasteiger partial charge in [-0.05, 0) is 97.3 Å². The fourth-order valence-electron chi connectivity index (χ4n) is 8.21. The summed E-state index contributed by atoms with van der Waals surface area (Å²) < 4.78 is 25.6. The molecule has 7 atom stereocenters. The second kappa shape index (κ2) is 12.1. The first-order valence-corrected chi connectivity index (χ1v) is 17.8. The molecule has 9 nitrogen and oxygen atoms in total. The molecule has 4 aliphatic rings. The lowest BCUT2D eigenvalue weighted by Crippen LogP contribution is -2.42. The normalized spacial score (nSPS) is 26.6. The molecule has 13 heteroatoms. The van der Waals surface area contributed by atoms with E-state index in [1.807, 2.05) is 19.1 Å². The van der Waals surface area contributed by atoms with Crippen molar-refractivity contribution in [3.8, 4) is 11.5 Å². The van der Waals surface area contributed by atoms with Crippen molar-refractivity contribution in [1.82, 2.24) is 4.98 Å². The molecule has 48 heavy (non-hydrogen) atoms. The summed E-state index contributed by atoms with van der Waals surface area (Å²) >= 11 is 8.72. The smallest absolute Gasteiger partial charge is 0.305 e. The summed E-state index contributed by atoms with van der Waals surface area (Å²) in [6.45, 7) is 1.97. The molecule has 2 bridgehead atoms. The number of thioether (sulfide) groups is 1. The molecule has 3 amide bonds. The van der Waals surface area contributed by atoms with Crippen molar-refractivity contribution in [3.63, 3.8) is 0 Å². The van der Waals surface area contributed by atoms with Gasteiger partial charge in [-0.3, -0.25) is 24.1 Å². The van der Waals surface area contributed by atoms with E-state index in [1.165, 1.54) is 40.5 Å². The number of imide groups is 1. The molecule has 246 valence electrons. The van der Waals surface area contributed by atoms with Gasteiger partial charge in [-0.2, -0.15) is 0 Å². The third kappa shape index (κ3) is 5.12. The number of aromatic amines is 1. The van der Waals surface area contributed by atoms with E-state index in [1.54, 1.807) is 42.1 Å². The molecule has 3 fully saturated rings. The van der Waals surface area contributed by atoms with E-state index < -0.39 is 17.7 Å². The van der Waals surface area contributed by atoms with Crippen LogP contribution in [0.15, 0.2) is 76.6 Å². The van der Waals surface area contributed by atoms with Crippen LogP contribution in [0.2, 0.25) is 5.02 Å². The number of halogens is 2. The maximum atomic E-state index is 14.0. The third-order valence-electron chi connectivity index (χ3n) is 9.92. The number of aromatic nitrogens is 1. The Balaban J connectivity index is 1.10. The summed E-state index contributed by atoms with van der Waals surface area (Å²) in [4.78, 5) is 58.1. The van der Waals surface area contributed by atoms with Crippen LogP contribution in [0.25, 0.3) is 0 Å². The van der Waals surface area contributed by atoms with Crippen LogP contribution in [-0.2, 0) is 14.4 Å². The quantitative estimate of drug-likeness (QED) is 0.206. The fourth-order valence-corrected chi connectivity index (χ4v) is 11.2. The molecule has 1 aromatic heterocycles. The molecular formula is C35H29ClFN3O6S2. The number of hydrogen-bond donors (Lipinski definition) is 2. The van der Waals surface area contributed by atoms with Crippen molar-refractivity contribution in [2.45, 2.75) is 29.5 Å². The number of ether oxygens (including phenoxy) is 2. The van der Waals surface area contributed by atoms with Crippen LogP contribution in [0.1, 0.15) is 29.7 Å². The van der Waals surface area contributed by atoms with E-state index >= 15 is 0 Å². The van der Waals surface area contributed by atoms with E-state index in [2.05, 4.69) is 10.3 Å². The molecule has 3 aromatic carbocycles. The first-order chi connectivity index (χ1) is 23.2.